The minimum Gasteiger partial charge on any atom is -0.295 e. The van der Waals surface area contributed by atoms with E-state index in [0.717, 1.165) is 0 Å². The molecule has 1 aliphatic rings. The molecule has 1 saturated heterocycles. The van der Waals surface area contributed by atoms with E-state index in [1.165, 1.54) is 12.1 Å². The van der Waals surface area contributed by atoms with E-state index in [1.807, 2.05) is 0 Å². The van der Waals surface area contributed by atoms with Gasteiger partial charge in [0.05, 0.1) is 4.90 Å². The highest BCUT2D eigenvalue weighted by molar-refractivity contribution is 7.89. The lowest BCUT2D eigenvalue weighted by Gasteiger charge is -2.21. The number of sulfonamides is 1. The van der Waals surface area contributed by atoms with Crippen LogP contribution in [0.15, 0.2) is 35.2 Å². The summed E-state index contributed by atoms with van der Waals surface area (Å²) >= 11 is 0. The van der Waals surface area contributed by atoms with Gasteiger partial charge in [0.15, 0.2) is 0 Å². The highest BCUT2D eigenvalue weighted by Gasteiger charge is 2.30. The van der Waals surface area contributed by atoms with Crippen molar-refractivity contribution in [3.8, 4) is 0 Å². The molecule has 0 aliphatic carbocycles. The second-order valence-electron chi connectivity index (χ2n) is 3.94. The highest BCUT2D eigenvalue weighted by Crippen LogP contribution is 2.11. The maximum atomic E-state index is 12.0. The smallest absolute Gasteiger partial charge is 0.244 e. The quantitative estimate of drug-likeness (QED) is 0.741. The van der Waals surface area contributed by atoms with Crippen LogP contribution in [0.5, 0.6) is 0 Å². The second-order valence-corrected chi connectivity index (χ2v) is 5.65. The van der Waals surface area contributed by atoms with Crippen molar-refractivity contribution in [3.63, 3.8) is 0 Å². The molecule has 96 valence electrons. The molecule has 7 heteroatoms. The van der Waals surface area contributed by atoms with E-state index in [2.05, 4.69) is 10.0 Å². The Morgan fingerprint density at radius 1 is 1.17 bits per heavy atom. The first-order chi connectivity index (χ1) is 8.49. The number of imide groups is 1. The topological polar surface area (TPSA) is 92.3 Å². The fourth-order valence-corrected chi connectivity index (χ4v) is 2.91. The third kappa shape index (κ3) is 2.74. The lowest BCUT2D eigenvalue weighted by molar-refractivity contribution is -0.134. The van der Waals surface area contributed by atoms with Gasteiger partial charge in [0, 0.05) is 6.42 Å². The molecule has 1 aromatic rings. The summed E-state index contributed by atoms with van der Waals surface area (Å²) in [6.45, 7) is 0. The molecule has 1 aliphatic heterocycles. The first-order valence-electron chi connectivity index (χ1n) is 5.40. The fraction of sp³-hybridized carbons (Fsp3) is 0.273. The Labute approximate surface area is 104 Å². The van der Waals surface area contributed by atoms with Crippen molar-refractivity contribution in [3.05, 3.63) is 30.3 Å². The summed E-state index contributed by atoms with van der Waals surface area (Å²) in [6.07, 6.45) is 0.310. The van der Waals surface area contributed by atoms with E-state index in [4.69, 9.17) is 0 Å². The molecule has 1 atom stereocenters. The molecule has 0 radical (unpaired) electrons. The van der Waals surface area contributed by atoms with E-state index in [0.29, 0.717) is 0 Å². The van der Waals surface area contributed by atoms with Crippen LogP contribution in [0.25, 0.3) is 0 Å². The molecule has 6 nitrogen and oxygen atoms in total. The molecule has 18 heavy (non-hydrogen) atoms. The number of benzene rings is 1. The number of nitrogens with one attached hydrogen (secondary N) is 2. The first kappa shape index (κ1) is 12.7. The highest BCUT2D eigenvalue weighted by atomic mass is 32.2. The number of amides is 2. The maximum absolute atomic E-state index is 12.0. The first-order valence-corrected chi connectivity index (χ1v) is 6.88. The maximum Gasteiger partial charge on any atom is 0.244 e. The van der Waals surface area contributed by atoms with E-state index in [-0.39, 0.29) is 23.6 Å². The zero-order valence-corrected chi connectivity index (χ0v) is 10.2. The van der Waals surface area contributed by atoms with E-state index in [9.17, 15) is 18.0 Å². The summed E-state index contributed by atoms with van der Waals surface area (Å²) in [7, 11) is -3.73. The van der Waals surface area contributed by atoms with Crippen molar-refractivity contribution in [2.24, 2.45) is 0 Å². The molecule has 0 bridgehead atoms. The van der Waals surface area contributed by atoms with Crippen LogP contribution in [0, 0.1) is 0 Å². The zero-order valence-electron chi connectivity index (χ0n) is 9.42. The van der Waals surface area contributed by atoms with Crippen LogP contribution in [0.4, 0.5) is 0 Å². The molecular formula is C11H12N2O4S. The van der Waals surface area contributed by atoms with Crippen molar-refractivity contribution in [1.29, 1.82) is 0 Å². The monoisotopic (exact) mass is 268 g/mol. The van der Waals surface area contributed by atoms with Crippen LogP contribution in [0.3, 0.4) is 0 Å². The van der Waals surface area contributed by atoms with Gasteiger partial charge >= 0.3 is 0 Å². The molecule has 1 unspecified atom stereocenters. The van der Waals surface area contributed by atoms with Gasteiger partial charge in [-0.05, 0) is 18.6 Å². The Kier molecular flexibility index (Phi) is 3.44. The van der Waals surface area contributed by atoms with Crippen LogP contribution >= 0.6 is 0 Å². The molecule has 0 spiro atoms. The van der Waals surface area contributed by atoms with Crippen LogP contribution in [-0.2, 0) is 19.6 Å². The number of rotatable bonds is 3. The molecule has 1 fully saturated rings. The Bertz CT molecular complexity index is 568. The van der Waals surface area contributed by atoms with Gasteiger partial charge in [-0.15, -0.1) is 0 Å². The average Bonchev–Trinajstić information content (AvgIpc) is 2.34. The van der Waals surface area contributed by atoms with Gasteiger partial charge in [0.25, 0.3) is 0 Å². The Balaban J connectivity index is 2.14. The average molecular weight is 268 g/mol. The summed E-state index contributed by atoms with van der Waals surface area (Å²) in [5.74, 6) is -0.985. The zero-order chi connectivity index (χ0) is 13.2. The van der Waals surface area contributed by atoms with Gasteiger partial charge in [0.1, 0.15) is 6.04 Å². The van der Waals surface area contributed by atoms with Crippen molar-refractivity contribution in [1.82, 2.24) is 10.0 Å². The van der Waals surface area contributed by atoms with Gasteiger partial charge in [0.2, 0.25) is 21.8 Å². The van der Waals surface area contributed by atoms with E-state index >= 15 is 0 Å². The lowest BCUT2D eigenvalue weighted by atomic mass is 10.1. The van der Waals surface area contributed by atoms with Crippen molar-refractivity contribution < 1.29 is 18.0 Å². The molecule has 1 aromatic carbocycles. The van der Waals surface area contributed by atoms with Gasteiger partial charge in [-0.3, -0.25) is 14.9 Å². The predicted octanol–water partition coefficient (Wildman–Crippen LogP) is -0.230. The summed E-state index contributed by atoms with van der Waals surface area (Å²) < 4.78 is 26.2. The Hall–Kier alpha value is -1.73. The van der Waals surface area contributed by atoms with Crippen LogP contribution in [0.2, 0.25) is 0 Å². The Morgan fingerprint density at radius 2 is 1.83 bits per heavy atom. The summed E-state index contributed by atoms with van der Waals surface area (Å²) in [5.41, 5.74) is 0. The predicted molar refractivity (Wildman–Crippen MR) is 62.9 cm³/mol. The summed E-state index contributed by atoms with van der Waals surface area (Å²) in [6, 6.07) is 6.87. The molecule has 0 aromatic heterocycles. The number of carbonyl (C=O) groups excluding carboxylic acids is 2. The third-order valence-electron chi connectivity index (χ3n) is 2.59. The van der Waals surface area contributed by atoms with Crippen molar-refractivity contribution in [2.45, 2.75) is 23.8 Å². The van der Waals surface area contributed by atoms with Crippen LogP contribution in [-0.4, -0.2) is 26.3 Å². The van der Waals surface area contributed by atoms with Crippen LogP contribution < -0.4 is 10.0 Å². The third-order valence-corrected chi connectivity index (χ3v) is 4.08. The number of carbonyl (C=O) groups is 2. The number of hydrogen-bond donors (Lipinski definition) is 2. The molecule has 2 N–H and O–H groups in total. The molecule has 2 rings (SSSR count). The summed E-state index contributed by atoms with van der Waals surface area (Å²) in [5, 5.41) is 2.10. The van der Waals surface area contributed by atoms with Crippen LogP contribution in [0.1, 0.15) is 12.8 Å². The second kappa shape index (κ2) is 4.87. The molecular weight excluding hydrogens is 256 g/mol. The van der Waals surface area contributed by atoms with Crippen molar-refractivity contribution in [2.75, 3.05) is 0 Å². The Morgan fingerprint density at radius 3 is 2.44 bits per heavy atom. The van der Waals surface area contributed by atoms with E-state index < -0.39 is 22.0 Å². The molecule has 0 saturated carbocycles. The van der Waals surface area contributed by atoms with Gasteiger partial charge in [-0.2, -0.15) is 4.72 Å². The number of piperidine rings is 1. The number of hydrogen-bond acceptors (Lipinski definition) is 4. The SMILES string of the molecule is O=C1CCC(NS(=O)(=O)c2ccccc2)C(=O)N1. The largest absolute Gasteiger partial charge is 0.295 e. The summed E-state index contributed by atoms with van der Waals surface area (Å²) in [4.78, 5) is 22.5. The van der Waals surface area contributed by atoms with Crippen molar-refractivity contribution >= 4 is 21.8 Å². The minimum atomic E-state index is -3.73. The van der Waals surface area contributed by atoms with Gasteiger partial charge in [-0.25, -0.2) is 8.42 Å². The standard InChI is InChI=1S/C11H12N2O4S/c14-10-7-6-9(11(15)12-10)13-18(16,17)8-4-2-1-3-5-8/h1-5,9,13H,6-7H2,(H,12,14,15). The minimum absolute atomic E-state index is 0.0923. The van der Waals surface area contributed by atoms with Gasteiger partial charge < -0.3 is 0 Å². The fourth-order valence-electron chi connectivity index (χ4n) is 1.66. The van der Waals surface area contributed by atoms with E-state index in [1.54, 1.807) is 18.2 Å². The van der Waals surface area contributed by atoms with Gasteiger partial charge in [-0.1, -0.05) is 18.2 Å². The normalized spacial score (nSPS) is 20.6. The molecule has 2 amide bonds. The molecule has 1 heterocycles. The lowest BCUT2D eigenvalue weighted by Crippen LogP contribution is -2.52.